The second kappa shape index (κ2) is 11.7. The minimum Gasteiger partial charge on any atom is -0.478 e. The van der Waals surface area contributed by atoms with Crippen LogP contribution < -0.4 is 0 Å². The van der Waals surface area contributed by atoms with E-state index in [9.17, 15) is 29.0 Å². The summed E-state index contributed by atoms with van der Waals surface area (Å²) in [5.74, 6) is -2.46. The SMILES string of the molecule is CSc1cccc(Sc2ccc(C(=O)O)c([C@]3(C(=O)SCF)CCC4C5CCC6=CC(=O)C=C[C@]6(C)C5(F)[C@@H](O)C[C@@]43C)c2)c1. The molecular weight excluding hydrogens is 635 g/mol. The second-order valence-corrected chi connectivity index (χ2v) is 15.9. The first-order valence-corrected chi connectivity index (χ1v) is 18.1. The molecule has 4 aliphatic carbocycles. The third-order valence-corrected chi connectivity index (χ3v) is 13.8. The number of alkyl halides is 2. The Morgan fingerprint density at radius 1 is 1.04 bits per heavy atom. The quantitative estimate of drug-likeness (QED) is 0.286. The number of carboxylic acids is 1. The van der Waals surface area contributed by atoms with Gasteiger partial charge in [-0.25, -0.2) is 13.6 Å². The van der Waals surface area contributed by atoms with Crippen LogP contribution in [0.25, 0.3) is 0 Å². The van der Waals surface area contributed by atoms with Crippen molar-refractivity contribution in [3.05, 3.63) is 77.4 Å². The second-order valence-electron chi connectivity index (χ2n) is 13.0. The average Bonchev–Trinajstić information content (AvgIpc) is 3.31. The Morgan fingerprint density at radius 3 is 2.49 bits per heavy atom. The lowest BCUT2D eigenvalue weighted by molar-refractivity contribution is -0.197. The number of aliphatic hydroxyl groups is 1. The summed E-state index contributed by atoms with van der Waals surface area (Å²) in [7, 11) is 0. The summed E-state index contributed by atoms with van der Waals surface area (Å²) in [4.78, 5) is 42.0. The molecule has 3 fully saturated rings. The van der Waals surface area contributed by atoms with Crippen molar-refractivity contribution in [3.63, 3.8) is 0 Å². The average molecular weight is 671 g/mol. The van der Waals surface area contributed by atoms with Crippen LogP contribution >= 0.6 is 35.3 Å². The predicted molar refractivity (Wildman–Crippen MR) is 174 cm³/mol. The van der Waals surface area contributed by atoms with Crippen molar-refractivity contribution in [2.45, 2.75) is 77.8 Å². The van der Waals surface area contributed by atoms with E-state index in [2.05, 4.69) is 0 Å². The highest BCUT2D eigenvalue weighted by atomic mass is 32.2. The first kappa shape index (κ1) is 32.5. The Balaban J connectivity index is 1.50. The van der Waals surface area contributed by atoms with E-state index in [4.69, 9.17) is 0 Å². The number of allylic oxidation sites excluding steroid dienone is 4. The Hall–Kier alpha value is -2.40. The van der Waals surface area contributed by atoms with Gasteiger partial charge in [0.15, 0.2) is 11.5 Å². The molecule has 7 atom stereocenters. The maximum absolute atomic E-state index is 17.7. The van der Waals surface area contributed by atoms with Gasteiger partial charge < -0.3 is 10.2 Å². The molecule has 0 amide bonds. The van der Waals surface area contributed by atoms with Gasteiger partial charge in [-0.2, -0.15) is 0 Å². The number of thioether (sulfide) groups is 2. The van der Waals surface area contributed by atoms with Gasteiger partial charge in [0.1, 0.15) is 6.01 Å². The highest BCUT2D eigenvalue weighted by Gasteiger charge is 2.74. The van der Waals surface area contributed by atoms with Crippen molar-refractivity contribution in [1.29, 1.82) is 0 Å². The monoisotopic (exact) mass is 670 g/mol. The Morgan fingerprint density at radius 2 is 1.78 bits per heavy atom. The number of hydrogen-bond donors (Lipinski definition) is 2. The first-order chi connectivity index (χ1) is 21.4. The fourth-order valence-electron chi connectivity index (χ4n) is 9.23. The molecule has 0 aliphatic heterocycles. The molecule has 0 aromatic heterocycles. The number of carbonyl (C=O) groups is 3. The van der Waals surface area contributed by atoms with Crippen molar-refractivity contribution in [1.82, 2.24) is 0 Å². The zero-order valence-electron chi connectivity index (χ0n) is 25.3. The van der Waals surface area contributed by atoms with Crippen LogP contribution in [0.4, 0.5) is 8.78 Å². The van der Waals surface area contributed by atoms with Crippen molar-refractivity contribution in [3.8, 4) is 0 Å². The standard InChI is InChI=1S/C35H36F2O5S3/c1-32-13-11-21(38)15-20(32)7-10-27-26-12-14-34(31(42)44-19-36,33(26,2)18-29(39)35(27,32)37)28-17-24(8-9-25(28)30(40)41)45-23-6-4-5-22(16-23)43-3/h4-6,8-9,11,13,15-17,26-27,29,39H,7,10,12,14,18-19H2,1-3H3,(H,40,41)/t26?,27?,29-,32-,33-,34-,35?/m0/s1. The van der Waals surface area contributed by atoms with Crippen LogP contribution in [-0.2, 0) is 15.0 Å². The smallest absolute Gasteiger partial charge is 0.335 e. The number of rotatable bonds is 7. The number of halogens is 2. The van der Waals surface area contributed by atoms with E-state index in [1.54, 1.807) is 36.9 Å². The van der Waals surface area contributed by atoms with Gasteiger partial charge in [0.2, 0.25) is 5.12 Å². The molecule has 10 heteroatoms. The van der Waals surface area contributed by atoms with E-state index >= 15 is 4.39 Å². The highest BCUT2D eigenvalue weighted by molar-refractivity contribution is 8.13. The third-order valence-electron chi connectivity index (χ3n) is 11.3. The molecule has 0 spiro atoms. The van der Waals surface area contributed by atoms with Gasteiger partial charge in [-0.05, 0) is 111 Å². The van der Waals surface area contributed by atoms with Crippen molar-refractivity contribution in [2.75, 3.05) is 12.3 Å². The Bertz CT molecular complexity index is 1640. The molecule has 3 saturated carbocycles. The summed E-state index contributed by atoms with van der Waals surface area (Å²) in [6.45, 7) is 3.60. The van der Waals surface area contributed by atoms with E-state index in [1.807, 2.05) is 37.4 Å². The maximum Gasteiger partial charge on any atom is 0.335 e. The topological polar surface area (TPSA) is 91.7 Å². The summed E-state index contributed by atoms with van der Waals surface area (Å²) in [6, 6.07) is 11.9. The largest absolute Gasteiger partial charge is 0.478 e. The Labute approximate surface area is 274 Å². The molecule has 0 saturated heterocycles. The molecule has 45 heavy (non-hydrogen) atoms. The van der Waals surface area contributed by atoms with Gasteiger partial charge in [-0.1, -0.05) is 48.2 Å². The van der Waals surface area contributed by atoms with Crippen LogP contribution in [0, 0.1) is 22.7 Å². The molecule has 0 bridgehead atoms. The summed E-state index contributed by atoms with van der Waals surface area (Å²) < 4.78 is 31.7. The molecule has 2 N–H and O–H groups in total. The number of carbonyl (C=O) groups excluding carboxylic acids is 2. The van der Waals surface area contributed by atoms with Gasteiger partial charge in [0.05, 0.1) is 17.1 Å². The minimum absolute atomic E-state index is 0.0481. The van der Waals surface area contributed by atoms with Gasteiger partial charge in [-0.3, -0.25) is 9.59 Å². The zero-order valence-corrected chi connectivity index (χ0v) is 27.8. The van der Waals surface area contributed by atoms with Crippen LogP contribution in [0.3, 0.4) is 0 Å². The van der Waals surface area contributed by atoms with E-state index in [0.29, 0.717) is 42.2 Å². The van der Waals surface area contributed by atoms with Crippen LogP contribution in [0.15, 0.2) is 81.0 Å². The molecule has 6 rings (SSSR count). The summed E-state index contributed by atoms with van der Waals surface area (Å²) >= 11 is 3.57. The third kappa shape index (κ3) is 4.72. The number of aromatic carboxylic acids is 1. The molecule has 0 radical (unpaired) electrons. The van der Waals surface area contributed by atoms with Crippen molar-refractivity contribution >= 4 is 52.2 Å². The van der Waals surface area contributed by atoms with E-state index in [-0.39, 0.29) is 24.2 Å². The fraction of sp³-hybridized carbons (Fsp3) is 0.457. The highest BCUT2D eigenvalue weighted by Crippen LogP contribution is 2.72. The van der Waals surface area contributed by atoms with Gasteiger partial charge in [0.25, 0.3) is 0 Å². The number of ketones is 1. The summed E-state index contributed by atoms with van der Waals surface area (Å²) in [5.41, 5.74) is -4.92. The minimum atomic E-state index is -2.10. The van der Waals surface area contributed by atoms with Gasteiger partial charge >= 0.3 is 5.97 Å². The maximum atomic E-state index is 17.7. The lowest BCUT2D eigenvalue weighted by Crippen LogP contribution is -2.68. The lowest BCUT2D eigenvalue weighted by Gasteiger charge is -2.63. The summed E-state index contributed by atoms with van der Waals surface area (Å²) in [6.07, 6.45) is 6.29. The lowest BCUT2D eigenvalue weighted by atomic mass is 9.43. The zero-order chi connectivity index (χ0) is 32.4. The van der Waals surface area contributed by atoms with Crippen molar-refractivity contribution < 1.29 is 33.4 Å². The number of benzene rings is 2. The molecule has 2 aromatic rings. The molecular formula is C35H36F2O5S3. The molecule has 2 aromatic carbocycles. The number of fused-ring (bicyclic) bond motifs is 5. The van der Waals surface area contributed by atoms with E-state index in [0.717, 1.165) is 14.7 Å². The first-order valence-electron chi connectivity index (χ1n) is 15.1. The predicted octanol–water partition coefficient (Wildman–Crippen LogP) is 8.05. The molecule has 238 valence electrons. The molecule has 5 nitrogen and oxygen atoms in total. The molecule has 3 unspecified atom stereocenters. The number of carboxylic acid groups (broad SMARTS) is 1. The van der Waals surface area contributed by atoms with Crippen LogP contribution in [0.5, 0.6) is 0 Å². The van der Waals surface area contributed by atoms with Crippen LogP contribution in [0.2, 0.25) is 0 Å². The van der Waals surface area contributed by atoms with Crippen LogP contribution in [-0.4, -0.2) is 51.1 Å². The summed E-state index contributed by atoms with van der Waals surface area (Å²) in [5, 5.41) is 21.8. The van der Waals surface area contributed by atoms with Gasteiger partial charge in [0, 0.05) is 26.0 Å². The normalized spacial score (nSPS) is 35.3. The molecule has 4 aliphatic rings. The number of aliphatic hydroxyl groups excluding tert-OH is 1. The van der Waals surface area contributed by atoms with Gasteiger partial charge in [-0.15, -0.1) is 11.8 Å². The van der Waals surface area contributed by atoms with E-state index in [1.165, 1.54) is 30.0 Å². The van der Waals surface area contributed by atoms with Crippen LogP contribution in [0.1, 0.15) is 61.9 Å². The van der Waals surface area contributed by atoms with Crippen molar-refractivity contribution in [2.24, 2.45) is 22.7 Å². The molecule has 0 heterocycles. The van der Waals surface area contributed by atoms with E-state index < -0.39 is 56.9 Å². The number of hydrogen-bond acceptors (Lipinski definition) is 7. The Kier molecular flexibility index (Phi) is 8.45. The fourth-order valence-corrected chi connectivity index (χ4v) is 11.5.